The molecule has 1 fully saturated rings. The first-order valence-corrected chi connectivity index (χ1v) is 5.62. The number of nitrogens with zero attached hydrogens (tertiary/aromatic N) is 1. The second kappa shape index (κ2) is 5.54. The molecule has 1 saturated heterocycles. The topological polar surface area (TPSA) is 50.8 Å². The van der Waals surface area contributed by atoms with E-state index in [0.29, 0.717) is 24.6 Å². The summed E-state index contributed by atoms with van der Waals surface area (Å²) in [5.74, 6) is 1.02. The van der Waals surface area contributed by atoms with Crippen molar-refractivity contribution < 1.29 is 14.3 Å². The van der Waals surface area contributed by atoms with E-state index < -0.39 is 0 Å². The molecule has 1 heterocycles. The fourth-order valence-corrected chi connectivity index (χ4v) is 1.71. The number of rotatable bonds is 2. The molecular weight excluding hydrogens is 220 g/mol. The molecule has 1 aliphatic heterocycles. The van der Waals surface area contributed by atoms with E-state index in [-0.39, 0.29) is 6.09 Å². The Morgan fingerprint density at radius 2 is 1.88 bits per heavy atom. The normalized spacial score (nSPS) is 15.5. The third-order valence-electron chi connectivity index (χ3n) is 2.64. The highest BCUT2D eigenvalue weighted by atomic mass is 16.6. The predicted molar refractivity (Wildman–Crippen MR) is 63.5 cm³/mol. The molecule has 0 aliphatic carbocycles. The zero-order valence-corrected chi connectivity index (χ0v) is 9.81. The monoisotopic (exact) mass is 236 g/mol. The molecule has 0 radical (unpaired) electrons. The van der Waals surface area contributed by atoms with Crippen LogP contribution in [0, 0.1) is 0 Å². The molecule has 0 aromatic heterocycles. The number of methoxy groups -OCH3 is 1. The van der Waals surface area contributed by atoms with Crippen molar-refractivity contribution in [3.05, 3.63) is 24.3 Å². The molecule has 1 aromatic carbocycles. The molecule has 0 atom stereocenters. The van der Waals surface area contributed by atoms with Crippen LogP contribution in [0.5, 0.6) is 11.5 Å². The first-order chi connectivity index (χ1) is 8.31. The Morgan fingerprint density at radius 3 is 2.53 bits per heavy atom. The van der Waals surface area contributed by atoms with E-state index in [1.807, 2.05) is 12.1 Å². The van der Waals surface area contributed by atoms with E-state index in [0.717, 1.165) is 13.1 Å². The number of carbonyl (C=O) groups excluding carboxylic acids is 1. The van der Waals surface area contributed by atoms with Gasteiger partial charge < -0.3 is 19.7 Å². The van der Waals surface area contributed by atoms with Crippen molar-refractivity contribution in [3.8, 4) is 11.5 Å². The average molecular weight is 236 g/mol. The molecule has 1 aromatic rings. The Labute approximate surface area is 100 Å². The maximum absolute atomic E-state index is 11.9. The lowest BCUT2D eigenvalue weighted by Crippen LogP contribution is -2.47. The summed E-state index contributed by atoms with van der Waals surface area (Å²) >= 11 is 0. The van der Waals surface area contributed by atoms with Gasteiger partial charge in [-0.05, 0) is 12.1 Å². The van der Waals surface area contributed by atoms with Crippen LogP contribution < -0.4 is 14.8 Å². The third-order valence-corrected chi connectivity index (χ3v) is 2.64. The molecule has 0 bridgehead atoms. The Morgan fingerprint density at radius 1 is 1.24 bits per heavy atom. The smallest absolute Gasteiger partial charge is 0.415 e. The van der Waals surface area contributed by atoms with E-state index in [1.54, 1.807) is 24.1 Å². The van der Waals surface area contributed by atoms with Crippen LogP contribution in [0.1, 0.15) is 0 Å². The number of nitrogens with one attached hydrogen (secondary N) is 1. The molecule has 1 aliphatic rings. The van der Waals surface area contributed by atoms with Gasteiger partial charge in [-0.25, -0.2) is 4.79 Å². The van der Waals surface area contributed by atoms with Gasteiger partial charge in [0.2, 0.25) is 0 Å². The highest BCUT2D eigenvalue weighted by molar-refractivity contribution is 5.71. The Hall–Kier alpha value is -1.75. The molecule has 5 heteroatoms. The van der Waals surface area contributed by atoms with E-state index in [1.165, 1.54) is 0 Å². The lowest BCUT2D eigenvalue weighted by molar-refractivity contribution is 0.144. The molecule has 92 valence electrons. The Bertz CT molecular complexity index is 389. The zero-order chi connectivity index (χ0) is 12.1. The lowest BCUT2D eigenvalue weighted by atomic mass is 10.3. The first kappa shape index (κ1) is 11.7. The van der Waals surface area contributed by atoms with Crippen molar-refractivity contribution in [1.82, 2.24) is 10.2 Å². The molecule has 0 spiro atoms. The average Bonchev–Trinajstić information content (AvgIpc) is 2.40. The number of ether oxygens (including phenoxy) is 2. The molecule has 0 saturated carbocycles. The molecule has 5 nitrogen and oxygen atoms in total. The Balaban J connectivity index is 2.01. The second-order valence-electron chi connectivity index (χ2n) is 3.76. The number of hydrogen-bond donors (Lipinski definition) is 1. The minimum atomic E-state index is -0.323. The van der Waals surface area contributed by atoms with Crippen molar-refractivity contribution in [2.24, 2.45) is 0 Å². The van der Waals surface area contributed by atoms with Gasteiger partial charge >= 0.3 is 6.09 Å². The van der Waals surface area contributed by atoms with E-state index in [2.05, 4.69) is 5.32 Å². The summed E-state index contributed by atoms with van der Waals surface area (Å²) < 4.78 is 10.4. The summed E-state index contributed by atoms with van der Waals surface area (Å²) in [6, 6.07) is 7.13. The van der Waals surface area contributed by atoms with Crippen LogP contribution in [0.3, 0.4) is 0 Å². The van der Waals surface area contributed by atoms with Gasteiger partial charge in [-0.2, -0.15) is 0 Å². The van der Waals surface area contributed by atoms with Crippen molar-refractivity contribution in [2.45, 2.75) is 0 Å². The minimum absolute atomic E-state index is 0.323. The molecule has 0 unspecified atom stereocenters. The highest BCUT2D eigenvalue weighted by Crippen LogP contribution is 2.26. The molecule has 1 amide bonds. The maximum atomic E-state index is 11.9. The lowest BCUT2D eigenvalue weighted by Gasteiger charge is -2.26. The van der Waals surface area contributed by atoms with E-state index >= 15 is 0 Å². The summed E-state index contributed by atoms with van der Waals surface area (Å²) in [6.45, 7) is 2.96. The number of piperazine rings is 1. The van der Waals surface area contributed by atoms with Gasteiger partial charge in [0.15, 0.2) is 11.5 Å². The van der Waals surface area contributed by atoms with Crippen LogP contribution >= 0.6 is 0 Å². The van der Waals surface area contributed by atoms with Gasteiger partial charge in [-0.3, -0.25) is 0 Å². The standard InChI is InChI=1S/C12H16N2O3/c1-16-10-4-2-3-5-11(10)17-12(15)14-8-6-13-7-9-14/h2-5,13H,6-9H2,1H3. The quantitative estimate of drug-likeness (QED) is 0.835. The summed E-state index contributed by atoms with van der Waals surface area (Å²) in [5, 5.41) is 3.18. The molecule has 17 heavy (non-hydrogen) atoms. The van der Waals surface area contributed by atoms with Crippen LogP contribution in [0.2, 0.25) is 0 Å². The van der Waals surface area contributed by atoms with Gasteiger partial charge in [0, 0.05) is 26.2 Å². The summed E-state index contributed by atoms with van der Waals surface area (Å²) in [5.41, 5.74) is 0. The van der Waals surface area contributed by atoms with Crippen LogP contribution in [0.4, 0.5) is 4.79 Å². The summed E-state index contributed by atoms with van der Waals surface area (Å²) in [7, 11) is 1.55. The van der Waals surface area contributed by atoms with Gasteiger partial charge in [0.1, 0.15) is 0 Å². The van der Waals surface area contributed by atoms with Crippen molar-refractivity contribution in [2.75, 3.05) is 33.3 Å². The SMILES string of the molecule is COc1ccccc1OC(=O)N1CCNCC1. The number of amides is 1. The largest absolute Gasteiger partial charge is 0.493 e. The maximum Gasteiger partial charge on any atom is 0.415 e. The Kier molecular flexibility index (Phi) is 3.82. The second-order valence-corrected chi connectivity index (χ2v) is 3.76. The van der Waals surface area contributed by atoms with E-state index in [9.17, 15) is 4.79 Å². The summed E-state index contributed by atoms with van der Waals surface area (Å²) in [6.07, 6.45) is -0.323. The van der Waals surface area contributed by atoms with Gasteiger partial charge in [-0.15, -0.1) is 0 Å². The van der Waals surface area contributed by atoms with Crippen LogP contribution in [-0.4, -0.2) is 44.3 Å². The van der Waals surface area contributed by atoms with Crippen LogP contribution in [0.25, 0.3) is 0 Å². The number of benzene rings is 1. The van der Waals surface area contributed by atoms with Crippen molar-refractivity contribution in [1.29, 1.82) is 0 Å². The number of para-hydroxylation sites is 2. The number of carbonyl (C=O) groups is 1. The fourth-order valence-electron chi connectivity index (χ4n) is 1.71. The summed E-state index contributed by atoms with van der Waals surface area (Å²) in [4.78, 5) is 13.5. The van der Waals surface area contributed by atoms with Gasteiger partial charge in [0.25, 0.3) is 0 Å². The van der Waals surface area contributed by atoms with Crippen molar-refractivity contribution in [3.63, 3.8) is 0 Å². The predicted octanol–water partition coefficient (Wildman–Crippen LogP) is 1.10. The zero-order valence-electron chi connectivity index (χ0n) is 9.81. The van der Waals surface area contributed by atoms with Gasteiger partial charge in [0.05, 0.1) is 7.11 Å². The van der Waals surface area contributed by atoms with Crippen molar-refractivity contribution >= 4 is 6.09 Å². The molecule has 2 rings (SSSR count). The first-order valence-electron chi connectivity index (χ1n) is 5.62. The fraction of sp³-hybridized carbons (Fsp3) is 0.417. The highest BCUT2D eigenvalue weighted by Gasteiger charge is 2.19. The van der Waals surface area contributed by atoms with Crippen LogP contribution in [0.15, 0.2) is 24.3 Å². The third kappa shape index (κ3) is 2.88. The van der Waals surface area contributed by atoms with E-state index in [4.69, 9.17) is 9.47 Å². The number of hydrogen-bond acceptors (Lipinski definition) is 4. The minimum Gasteiger partial charge on any atom is -0.493 e. The van der Waals surface area contributed by atoms with Crippen LogP contribution in [-0.2, 0) is 0 Å². The molecule has 1 N–H and O–H groups in total. The van der Waals surface area contributed by atoms with Gasteiger partial charge in [-0.1, -0.05) is 12.1 Å². The molecular formula is C12H16N2O3.